The quantitative estimate of drug-likeness (QED) is 0.928. The number of halogens is 1. The van der Waals surface area contributed by atoms with E-state index in [0.717, 1.165) is 0 Å². The second-order valence-corrected chi connectivity index (χ2v) is 5.87. The predicted octanol–water partition coefficient (Wildman–Crippen LogP) is 1.95. The summed E-state index contributed by atoms with van der Waals surface area (Å²) >= 11 is 0. The van der Waals surface area contributed by atoms with E-state index in [2.05, 4.69) is 5.32 Å². The van der Waals surface area contributed by atoms with E-state index in [9.17, 15) is 14.0 Å². The van der Waals surface area contributed by atoms with Gasteiger partial charge < -0.3 is 15.1 Å². The number of rotatable bonds is 3. The van der Waals surface area contributed by atoms with Gasteiger partial charge in [0, 0.05) is 38.3 Å². The molecule has 1 aromatic rings. The molecule has 120 valence electrons. The molecule has 0 unspecified atom stereocenters. The molecule has 0 bridgehead atoms. The highest BCUT2D eigenvalue weighted by Gasteiger charge is 2.24. The van der Waals surface area contributed by atoms with E-state index in [1.165, 1.54) is 24.3 Å². The number of carbonyl (C=O) groups is 2. The molecule has 22 heavy (non-hydrogen) atoms. The molecule has 0 aliphatic carbocycles. The van der Waals surface area contributed by atoms with Crippen LogP contribution in [0.2, 0.25) is 0 Å². The highest BCUT2D eigenvalue weighted by atomic mass is 19.1. The fraction of sp³-hybridized carbons (Fsp3) is 0.500. The molecule has 5 nitrogen and oxygen atoms in total. The third-order valence-electron chi connectivity index (χ3n) is 3.61. The Morgan fingerprint density at radius 1 is 1.09 bits per heavy atom. The van der Waals surface area contributed by atoms with Gasteiger partial charge in [-0.3, -0.25) is 4.79 Å². The Morgan fingerprint density at radius 3 is 2.18 bits per heavy atom. The van der Waals surface area contributed by atoms with Crippen LogP contribution >= 0.6 is 0 Å². The maximum atomic E-state index is 12.9. The first kappa shape index (κ1) is 16.3. The summed E-state index contributed by atoms with van der Waals surface area (Å²) in [5.74, 6) is -0.0734. The molecular weight excluding hydrogens is 285 g/mol. The first-order chi connectivity index (χ1) is 10.5. The van der Waals surface area contributed by atoms with E-state index >= 15 is 0 Å². The highest BCUT2D eigenvalue weighted by Crippen LogP contribution is 2.10. The van der Waals surface area contributed by atoms with Crippen LogP contribution in [0.5, 0.6) is 0 Å². The van der Waals surface area contributed by atoms with Crippen LogP contribution in [0.4, 0.5) is 9.18 Å². The molecule has 1 fully saturated rings. The first-order valence-electron chi connectivity index (χ1n) is 7.55. The van der Waals surface area contributed by atoms with Crippen molar-refractivity contribution in [1.82, 2.24) is 15.1 Å². The lowest BCUT2D eigenvalue weighted by molar-refractivity contribution is 0.0664. The fourth-order valence-electron chi connectivity index (χ4n) is 2.29. The minimum absolute atomic E-state index is 0.0809. The Kier molecular flexibility index (Phi) is 5.35. The number of amides is 3. The third-order valence-corrected chi connectivity index (χ3v) is 3.61. The minimum atomic E-state index is -0.358. The summed E-state index contributed by atoms with van der Waals surface area (Å²) in [7, 11) is 0. The van der Waals surface area contributed by atoms with Crippen LogP contribution in [0.1, 0.15) is 24.2 Å². The van der Waals surface area contributed by atoms with Gasteiger partial charge in [-0.2, -0.15) is 0 Å². The lowest BCUT2D eigenvalue weighted by Crippen LogP contribution is -2.53. The molecule has 0 saturated carbocycles. The number of hydrogen-bond donors (Lipinski definition) is 1. The Bertz CT molecular complexity index is 523. The maximum absolute atomic E-state index is 12.9. The van der Waals surface area contributed by atoms with Crippen molar-refractivity contribution in [3.63, 3.8) is 0 Å². The standard InChI is InChI=1S/C16H22FN3O2/c1-12(2)11-18-16(22)20-9-7-19(8-10-20)15(21)13-3-5-14(17)6-4-13/h3-6,12H,7-11H2,1-2H3,(H,18,22). The summed E-state index contributed by atoms with van der Waals surface area (Å²) in [6.45, 7) is 6.73. The largest absolute Gasteiger partial charge is 0.338 e. The van der Waals surface area contributed by atoms with Gasteiger partial charge in [0.2, 0.25) is 0 Å². The molecule has 1 saturated heterocycles. The summed E-state index contributed by atoms with van der Waals surface area (Å²) in [5.41, 5.74) is 0.471. The van der Waals surface area contributed by atoms with Gasteiger partial charge >= 0.3 is 6.03 Å². The van der Waals surface area contributed by atoms with Crippen molar-refractivity contribution in [2.24, 2.45) is 5.92 Å². The maximum Gasteiger partial charge on any atom is 0.317 e. The summed E-state index contributed by atoms with van der Waals surface area (Å²) in [6.07, 6.45) is 0. The number of hydrogen-bond acceptors (Lipinski definition) is 2. The van der Waals surface area contributed by atoms with Crippen molar-refractivity contribution in [3.05, 3.63) is 35.6 Å². The number of nitrogens with zero attached hydrogens (tertiary/aromatic N) is 2. The average molecular weight is 307 g/mol. The number of carbonyl (C=O) groups excluding carboxylic acids is 2. The Hall–Kier alpha value is -2.11. The normalized spacial score (nSPS) is 15.1. The van der Waals surface area contributed by atoms with E-state index in [1.54, 1.807) is 9.80 Å². The van der Waals surface area contributed by atoms with Crippen molar-refractivity contribution in [1.29, 1.82) is 0 Å². The van der Waals surface area contributed by atoms with Gasteiger partial charge in [0.15, 0.2) is 0 Å². The summed E-state index contributed by atoms with van der Waals surface area (Å²) in [5, 5.41) is 2.88. The molecular formula is C16H22FN3O2. The zero-order valence-corrected chi connectivity index (χ0v) is 13.0. The number of benzene rings is 1. The van der Waals surface area contributed by atoms with Crippen molar-refractivity contribution in [2.75, 3.05) is 32.7 Å². The zero-order valence-electron chi connectivity index (χ0n) is 13.0. The summed E-state index contributed by atoms with van der Waals surface area (Å²) < 4.78 is 12.9. The van der Waals surface area contributed by atoms with Crippen LogP contribution < -0.4 is 5.32 Å². The van der Waals surface area contributed by atoms with E-state index in [-0.39, 0.29) is 17.8 Å². The smallest absolute Gasteiger partial charge is 0.317 e. The summed E-state index contributed by atoms with van der Waals surface area (Å²) in [4.78, 5) is 27.7. The molecule has 1 aliphatic heterocycles. The lowest BCUT2D eigenvalue weighted by atomic mass is 10.2. The van der Waals surface area contributed by atoms with Gasteiger partial charge in [-0.15, -0.1) is 0 Å². The summed E-state index contributed by atoms with van der Waals surface area (Å²) in [6, 6.07) is 5.45. The van der Waals surface area contributed by atoms with Crippen LogP contribution in [-0.4, -0.2) is 54.5 Å². The Morgan fingerprint density at radius 2 is 1.64 bits per heavy atom. The first-order valence-corrected chi connectivity index (χ1v) is 7.55. The molecule has 1 heterocycles. The molecule has 6 heteroatoms. The molecule has 2 rings (SSSR count). The second kappa shape index (κ2) is 7.24. The van der Waals surface area contributed by atoms with Gasteiger partial charge in [0.1, 0.15) is 5.82 Å². The SMILES string of the molecule is CC(C)CNC(=O)N1CCN(C(=O)c2ccc(F)cc2)CC1. The van der Waals surface area contributed by atoms with Crippen molar-refractivity contribution < 1.29 is 14.0 Å². The van der Waals surface area contributed by atoms with Crippen LogP contribution in [0.3, 0.4) is 0 Å². The highest BCUT2D eigenvalue weighted by molar-refractivity contribution is 5.94. The number of piperazine rings is 1. The fourth-order valence-corrected chi connectivity index (χ4v) is 2.29. The predicted molar refractivity (Wildman–Crippen MR) is 82.1 cm³/mol. The average Bonchev–Trinajstić information content (AvgIpc) is 2.53. The van der Waals surface area contributed by atoms with Gasteiger partial charge in [0.05, 0.1) is 0 Å². The van der Waals surface area contributed by atoms with Gasteiger partial charge in [-0.05, 0) is 30.2 Å². The van der Waals surface area contributed by atoms with Crippen LogP contribution in [0.15, 0.2) is 24.3 Å². The van der Waals surface area contributed by atoms with Crippen LogP contribution in [0.25, 0.3) is 0 Å². The van der Waals surface area contributed by atoms with E-state index in [0.29, 0.717) is 44.2 Å². The molecule has 0 radical (unpaired) electrons. The topological polar surface area (TPSA) is 52.7 Å². The van der Waals surface area contributed by atoms with Crippen LogP contribution in [0, 0.1) is 11.7 Å². The molecule has 0 atom stereocenters. The van der Waals surface area contributed by atoms with Crippen molar-refractivity contribution >= 4 is 11.9 Å². The minimum Gasteiger partial charge on any atom is -0.338 e. The number of urea groups is 1. The monoisotopic (exact) mass is 307 g/mol. The molecule has 1 N–H and O–H groups in total. The van der Waals surface area contributed by atoms with Crippen molar-refractivity contribution in [3.8, 4) is 0 Å². The number of nitrogens with one attached hydrogen (secondary N) is 1. The zero-order chi connectivity index (χ0) is 16.1. The van der Waals surface area contributed by atoms with Crippen molar-refractivity contribution in [2.45, 2.75) is 13.8 Å². The molecule has 0 spiro atoms. The lowest BCUT2D eigenvalue weighted by Gasteiger charge is -2.34. The Labute approximate surface area is 130 Å². The van der Waals surface area contributed by atoms with Gasteiger partial charge in [-0.25, -0.2) is 9.18 Å². The van der Waals surface area contributed by atoms with Gasteiger partial charge in [0.25, 0.3) is 5.91 Å². The molecule has 1 aliphatic rings. The third kappa shape index (κ3) is 4.19. The van der Waals surface area contributed by atoms with Crippen LogP contribution in [-0.2, 0) is 0 Å². The van der Waals surface area contributed by atoms with E-state index in [4.69, 9.17) is 0 Å². The molecule has 0 aromatic heterocycles. The Balaban J connectivity index is 1.85. The van der Waals surface area contributed by atoms with E-state index in [1.807, 2.05) is 13.8 Å². The molecule has 3 amide bonds. The van der Waals surface area contributed by atoms with Gasteiger partial charge in [-0.1, -0.05) is 13.8 Å². The molecule has 1 aromatic carbocycles. The second-order valence-electron chi connectivity index (χ2n) is 5.87. The van der Waals surface area contributed by atoms with E-state index < -0.39 is 0 Å².